The summed E-state index contributed by atoms with van der Waals surface area (Å²) in [4.78, 5) is 16.4. The van der Waals surface area contributed by atoms with Crippen molar-refractivity contribution in [2.24, 2.45) is 5.92 Å². The van der Waals surface area contributed by atoms with E-state index in [1.807, 2.05) is 17.2 Å². The smallest absolute Gasteiger partial charge is 0.223 e. The molecule has 1 aliphatic heterocycles. The Kier molecular flexibility index (Phi) is 4.24. The van der Waals surface area contributed by atoms with Crippen molar-refractivity contribution in [3.05, 3.63) is 18.0 Å². The number of nitrogens with zero attached hydrogens (tertiary/aromatic N) is 4. The first-order chi connectivity index (χ1) is 8.97. The van der Waals surface area contributed by atoms with Crippen LogP contribution in [0.5, 0.6) is 0 Å². The summed E-state index contributed by atoms with van der Waals surface area (Å²) in [7, 11) is 4.11. The molecule has 1 aromatic rings. The Hall–Kier alpha value is -1.36. The predicted molar refractivity (Wildman–Crippen MR) is 74.7 cm³/mol. The zero-order valence-electron chi connectivity index (χ0n) is 12.3. The molecule has 2 heterocycles. The number of aromatic nitrogens is 2. The van der Waals surface area contributed by atoms with E-state index in [0.29, 0.717) is 18.9 Å². The van der Waals surface area contributed by atoms with Gasteiger partial charge in [0.15, 0.2) is 0 Å². The molecule has 1 amide bonds. The van der Waals surface area contributed by atoms with Gasteiger partial charge in [-0.25, -0.2) is 0 Å². The Morgan fingerprint density at radius 2 is 2.26 bits per heavy atom. The number of amides is 1. The molecule has 1 aromatic heterocycles. The van der Waals surface area contributed by atoms with Gasteiger partial charge >= 0.3 is 0 Å². The molecule has 0 saturated carbocycles. The highest BCUT2D eigenvalue weighted by Gasteiger charge is 2.28. The first-order valence-corrected chi connectivity index (χ1v) is 6.92. The second-order valence-corrected chi connectivity index (χ2v) is 6.06. The molecule has 0 radical (unpaired) electrons. The largest absolute Gasteiger partial charge is 0.335 e. The molecular weight excluding hydrogens is 240 g/mol. The Balaban J connectivity index is 2.13. The van der Waals surface area contributed by atoms with Crippen LogP contribution in [-0.4, -0.2) is 52.7 Å². The molecule has 1 aliphatic rings. The molecule has 0 unspecified atom stereocenters. The van der Waals surface area contributed by atoms with Crippen LogP contribution in [0.4, 0.5) is 0 Å². The number of carbonyl (C=O) groups is 1. The molecule has 5 nitrogen and oxygen atoms in total. The number of fused-ring (bicyclic) bond motifs is 1. The first-order valence-electron chi connectivity index (χ1n) is 6.92. The first kappa shape index (κ1) is 14.1. The molecule has 0 saturated heterocycles. The molecule has 19 heavy (non-hydrogen) atoms. The molecule has 0 bridgehead atoms. The Morgan fingerprint density at radius 1 is 1.53 bits per heavy atom. The van der Waals surface area contributed by atoms with E-state index >= 15 is 0 Å². The fourth-order valence-electron chi connectivity index (χ4n) is 2.61. The van der Waals surface area contributed by atoms with Crippen LogP contribution < -0.4 is 0 Å². The van der Waals surface area contributed by atoms with E-state index in [4.69, 9.17) is 0 Å². The third-order valence-electron chi connectivity index (χ3n) is 3.39. The summed E-state index contributed by atoms with van der Waals surface area (Å²) in [5, 5.41) is 4.40. The quantitative estimate of drug-likeness (QED) is 0.825. The molecular formula is C14H24N4O. The highest BCUT2D eigenvalue weighted by atomic mass is 16.2. The molecule has 106 valence electrons. The van der Waals surface area contributed by atoms with E-state index in [1.54, 1.807) is 0 Å². The van der Waals surface area contributed by atoms with Gasteiger partial charge in [-0.1, -0.05) is 13.8 Å². The molecule has 0 aliphatic carbocycles. The molecule has 0 fully saturated rings. The monoisotopic (exact) mass is 264 g/mol. The van der Waals surface area contributed by atoms with E-state index in [2.05, 4.69) is 42.6 Å². The highest BCUT2D eigenvalue weighted by molar-refractivity contribution is 5.76. The Bertz CT molecular complexity index is 438. The number of carbonyl (C=O) groups excluding carboxylic acids is 1. The van der Waals surface area contributed by atoms with Crippen molar-refractivity contribution in [2.45, 2.75) is 32.9 Å². The minimum Gasteiger partial charge on any atom is -0.335 e. The van der Waals surface area contributed by atoms with Crippen LogP contribution in [0.3, 0.4) is 0 Å². The maximum absolute atomic E-state index is 12.3. The minimum atomic E-state index is 0.255. The van der Waals surface area contributed by atoms with Gasteiger partial charge in [0.2, 0.25) is 5.91 Å². The van der Waals surface area contributed by atoms with Crippen molar-refractivity contribution in [1.29, 1.82) is 0 Å². The van der Waals surface area contributed by atoms with E-state index in [-0.39, 0.29) is 11.9 Å². The van der Waals surface area contributed by atoms with Crippen molar-refractivity contribution >= 4 is 5.91 Å². The van der Waals surface area contributed by atoms with Gasteiger partial charge in [0.1, 0.15) is 0 Å². The van der Waals surface area contributed by atoms with Gasteiger partial charge in [0.25, 0.3) is 0 Å². The number of hydrogen-bond donors (Lipinski definition) is 0. The number of rotatable bonds is 4. The average molecular weight is 264 g/mol. The molecule has 2 rings (SSSR count). The third kappa shape index (κ3) is 3.35. The molecule has 0 spiro atoms. The molecule has 0 aromatic carbocycles. The maximum Gasteiger partial charge on any atom is 0.223 e. The van der Waals surface area contributed by atoms with Crippen molar-refractivity contribution in [2.75, 3.05) is 27.2 Å². The van der Waals surface area contributed by atoms with Gasteiger partial charge in [-0.3, -0.25) is 9.48 Å². The minimum absolute atomic E-state index is 0.255. The van der Waals surface area contributed by atoms with Gasteiger partial charge in [0.05, 0.1) is 18.3 Å². The van der Waals surface area contributed by atoms with E-state index in [1.165, 1.54) is 0 Å². The third-order valence-corrected chi connectivity index (χ3v) is 3.39. The molecule has 5 heteroatoms. The number of hydrogen-bond acceptors (Lipinski definition) is 3. The van der Waals surface area contributed by atoms with Crippen LogP contribution >= 0.6 is 0 Å². The van der Waals surface area contributed by atoms with E-state index in [0.717, 1.165) is 18.8 Å². The van der Waals surface area contributed by atoms with Crippen molar-refractivity contribution in [1.82, 2.24) is 19.6 Å². The van der Waals surface area contributed by atoms with Crippen molar-refractivity contribution in [3.8, 4) is 0 Å². The average Bonchev–Trinajstić information content (AvgIpc) is 2.75. The maximum atomic E-state index is 12.3. The molecule has 1 atom stereocenters. The lowest BCUT2D eigenvalue weighted by Gasteiger charge is -2.35. The van der Waals surface area contributed by atoms with Gasteiger partial charge in [0, 0.05) is 25.7 Å². The van der Waals surface area contributed by atoms with Gasteiger partial charge in [-0.2, -0.15) is 5.10 Å². The van der Waals surface area contributed by atoms with Gasteiger partial charge < -0.3 is 9.80 Å². The van der Waals surface area contributed by atoms with Gasteiger partial charge in [-0.05, 0) is 26.1 Å². The Labute approximate surface area is 115 Å². The molecule has 0 N–H and O–H groups in total. The topological polar surface area (TPSA) is 41.4 Å². The van der Waals surface area contributed by atoms with Crippen LogP contribution in [0.2, 0.25) is 0 Å². The summed E-state index contributed by atoms with van der Waals surface area (Å²) in [6, 6.07) is 2.27. The second kappa shape index (κ2) is 5.74. The summed E-state index contributed by atoms with van der Waals surface area (Å²) in [6.45, 7) is 6.53. The standard InChI is InChI=1S/C14H24N4O/c1-11(2)7-14(19)17-9-12-5-6-15-18(12)13(10-17)8-16(3)4/h5-6,11,13H,7-10H2,1-4H3/t13-/m1/s1. The normalized spacial score (nSPS) is 19.1. The lowest BCUT2D eigenvalue weighted by molar-refractivity contribution is -0.134. The van der Waals surface area contributed by atoms with E-state index in [9.17, 15) is 4.79 Å². The van der Waals surface area contributed by atoms with Crippen LogP contribution in [0.15, 0.2) is 12.3 Å². The lowest BCUT2D eigenvalue weighted by Crippen LogP contribution is -2.44. The van der Waals surface area contributed by atoms with Crippen LogP contribution in [0.25, 0.3) is 0 Å². The summed E-state index contributed by atoms with van der Waals surface area (Å²) in [5.74, 6) is 0.665. The predicted octanol–water partition coefficient (Wildman–Crippen LogP) is 1.37. The fourth-order valence-corrected chi connectivity index (χ4v) is 2.61. The van der Waals surface area contributed by atoms with Crippen LogP contribution in [0, 0.1) is 5.92 Å². The summed E-state index contributed by atoms with van der Waals surface area (Å²) >= 11 is 0. The van der Waals surface area contributed by atoms with Gasteiger partial charge in [-0.15, -0.1) is 0 Å². The van der Waals surface area contributed by atoms with Crippen LogP contribution in [0.1, 0.15) is 32.0 Å². The zero-order chi connectivity index (χ0) is 14.0. The highest BCUT2D eigenvalue weighted by Crippen LogP contribution is 2.22. The summed E-state index contributed by atoms with van der Waals surface area (Å²) in [5.41, 5.74) is 1.13. The summed E-state index contributed by atoms with van der Waals surface area (Å²) in [6.07, 6.45) is 2.46. The fraction of sp³-hybridized carbons (Fsp3) is 0.714. The zero-order valence-corrected chi connectivity index (χ0v) is 12.3. The summed E-state index contributed by atoms with van der Waals surface area (Å²) < 4.78 is 2.07. The van der Waals surface area contributed by atoms with Crippen LogP contribution in [-0.2, 0) is 11.3 Å². The van der Waals surface area contributed by atoms with Crippen molar-refractivity contribution < 1.29 is 4.79 Å². The Morgan fingerprint density at radius 3 is 2.89 bits per heavy atom. The SMILES string of the molecule is CC(C)CC(=O)N1Cc2ccnn2[C@H](CN(C)C)C1. The van der Waals surface area contributed by atoms with Crippen molar-refractivity contribution in [3.63, 3.8) is 0 Å². The number of likely N-dealkylation sites (N-methyl/N-ethyl adjacent to an activating group) is 1. The van der Waals surface area contributed by atoms with E-state index < -0.39 is 0 Å². The lowest BCUT2D eigenvalue weighted by atomic mass is 10.1. The second-order valence-electron chi connectivity index (χ2n) is 6.06.